The van der Waals surface area contributed by atoms with E-state index in [0.29, 0.717) is 6.42 Å². The van der Waals surface area contributed by atoms with E-state index >= 15 is 0 Å². The maximum atomic E-state index is 10.7. The molecule has 4 nitrogen and oxygen atoms in total. The first-order chi connectivity index (χ1) is 10.2. The van der Waals surface area contributed by atoms with Crippen LogP contribution in [0.5, 0.6) is 0 Å². The molecule has 21 heavy (non-hydrogen) atoms. The monoisotopic (exact) mass is 284 g/mol. The van der Waals surface area contributed by atoms with Gasteiger partial charge in [0, 0.05) is 24.9 Å². The van der Waals surface area contributed by atoms with Gasteiger partial charge < -0.3 is 10.4 Å². The molecule has 2 atom stereocenters. The van der Waals surface area contributed by atoms with Gasteiger partial charge in [0.25, 0.3) is 0 Å². The standard InChI is InChI=1S/C17H20N2O2/c1-13(7-8-16(20)21)19-17(14-5-3-2-4-6-14)15-9-11-18-12-10-15/h2-6,9-13,17,19H,7-8H2,1H3,(H,20,21). The van der Waals surface area contributed by atoms with Gasteiger partial charge in [-0.2, -0.15) is 0 Å². The summed E-state index contributed by atoms with van der Waals surface area (Å²) in [6.07, 6.45) is 4.32. The zero-order valence-electron chi connectivity index (χ0n) is 12.1. The third kappa shape index (κ3) is 4.68. The quantitative estimate of drug-likeness (QED) is 0.820. The van der Waals surface area contributed by atoms with Crippen LogP contribution in [0.15, 0.2) is 54.9 Å². The van der Waals surface area contributed by atoms with Crippen molar-refractivity contribution < 1.29 is 9.90 Å². The third-order valence-electron chi connectivity index (χ3n) is 3.41. The van der Waals surface area contributed by atoms with Gasteiger partial charge in [-0.25, -0.2) is 0 Å². The predicted molar refractivity (Wildman–Crippen MR) is 82.0 cm³/mol. The number of pyridine rings is 1. The van der Waals surface area contributed by atoms with Crippen LogP contribution in [0.25, 0.3) is 0 Å². The molecule has 0 aliphatic heterocycles. The van der Waals surface area contributed by atoms with Gasteiger partial charge in [-0.3, -0.25) is 9.78 Å². The normalized spacial score (nSPS) is 13.6. The molecule has 1 heterocycles. The van der Waals surface area contributed by atoms with Crippen molar-refractivity contribution in [3.63, 3.8) is 0 Å². The van der Waals surface area contributed by atoms with Crippen LogP contribution in [-0.4, -0.2) is 22.1 Å². The lowest BCUT2D eigenvalue weighted by atomic mass is 9.98. The van der Waals surface area contributed by atoms with E-state index in [9.17, 15) is 4.79 Å². The first-order valence-electron chi connectivity index (χ1n) is 7.09. The maximum absolute atomic E-state index is 10.7. The molecular weight excluding hydrogens is 264 g/mol. The van der Waals surface area contributed by atoms with Gasteiger partial charge in [0.15, 0.2) is 0 Å². The second kappa shape index (κ2) is 7.55. The summed E-state index contributed by atoms with van der Waals surface area (Å²) in [5.41, 5.74) is 2.28. The predicted octanol–water partition coefficient (Wildman–Crippen LogP) is 3.01. The van der Waals surface area contributed by atoms with E-state index in [0.717, 1.165) is 11.1 Å². The average molecular weight is 284 g/mol. The van der Waals surface area contributed by atoms with Crippen molar-refractivity contribution in [3.8, 4) is 0 Å². The van der Waals surface area contributed by atoms with Gasteiger partial charge >= 0.3 is 5.97 Å². The van der Waals surface area contributed by atoms with E-state index < -0.39 is 5.97 Å². The summed E-state index contributed by atoms with van der Waals surface area (Å²) in [5.74, 6) is -0.760. The van der Waals surface area contributed by atoms with Crippen LogP contribution in [0.4, 0.5) is 0 Å². The summed E-state index contributed by atoms with van der Waals surface area (Å²) in [6, 6.07) is 14.3. The molecule has 0 fully saturated rings. The molecule has 0 saturated heterocycles. The van der Waals surface area contributed by atoms with Crippen LogP contribution in [0.2, 0.25) is 0 Å². The Bertz CT molecular complexity index is 518. The van der Waals surface area contributed by atoms with Gasteiger partial charge in [-0.15, -0.1) is 0 Å². The van der Waals surface area contributed by atoms with Crippen molar-refractivity contribution in [1.82, 2.24) is 10.3 Å². The Morgan fingerprint density at radius 2 is 1.76 bits per heavy atom. The molecule has 2 aromatic rings. The van der Waals surface area contributed by atoms with E-state index in [-0.39, 0.29) is 18.5 Å². The summed E-state index contributed by atoms with van der Waals surface area (Å²) in [7, 11) is 0. The Kier molecular flexibility index (Phi) is 5.46. The summed E-state index contributed by atoms with van der Waals surface area (Å²) in [5, 5.41) is 12.3. The van der Waals surface area contributed by atoms with E-state index in [1.54, 1.807) is 12.4 Å². The highest BCUT2D eigenvalue weighted by Gasteiger charge is 2.16. The second-order valence-corrected chi connectivity index (χ2v) is 5.12. The summed E-state index contributed by atoms with van der Waals surface area (Å²) in [6.45, 7) is 2.01. The van der Waals surface area contributed by atoms with Crippen LogP contribution in [0, 0.1) is 0 Å². The average Bonchev–Trinajstić information content (AvgIpc) is 2.52. The Morgan fingerprint density at radius 1 is 1.14 bits per heavy atom. The van der Waals surface area contributed by atoms with Crippen molar-refractivity contribution >= 4 is 5.97 Å². The number of hydrogen-bond acceptors (Lipinski definition) is 3. The van der Waals surface area contributed by atoms with Crippen molar-refractivity contribution in [3.05, 3.63) is 66.0 Å². The number of benzene rings is 1. The van der Waals surface area contributed by atoms with Crippen molar-refractivity contribution in [2.24, 2.45) is 0 Å². The summed E-state index contributed by atoms with van der Waals surface area (Å²) >= 11 is 0. The molecular formula is C17H20N2O2. The fourth-order valence-electron chi connectivity index (χ4n) is 2.29. The fourth-order valence-corrected chi connectivity index (χ4v) is 2.29. The largest absolute Gasteiger partial charge is 0.481 e. The van der Waals surface area contributed by atoms with E-state index in [1.165, 1.54) is 0 Å². The van der Waals surface area contributed by atoms with Crippen LogP contribution in [-0.2, 0) is 4.79 Å². The Morgan fingerprint density at radius 3 is 2.38 bits per heavy atom. The maximum Gasteiger partial charge on any atom is 0.303 e. The molecule has 0 bridgehead atoms. The highest BCUT2D eigenvalue weighted by Crippen LogP contribution is 2.22. The topological polar surface area (TPSA) is 62.2 Å². The zero-order valence-corrected chi connectivity index (χ0v) is 12.1. The molecule has 1 aromatic carbocycles. The molecule has 4 heteroatoms. The highest BCUT2D eigenvalue weighted by atomic mass is 16.4. The van der Waals surface area contributed by atoms with E-state index in [2.05, 4.69) is 22.4 Å². The number of nitrogens with zero attached hydrogens (tertiary/aromatic N) is 1. The summed E-state index contributed by atoms with van der Waals surface area (Å²) < 4.78 is 0. The molecule has 0 aliphatic rings. The van der Waals surface area contributed by atoms with Gasteiger partial charge in [0.1, 0.15) is 0 Å². The third-order valence-corrected chi connectivity index (χ3v) is 3.41. The molecule has 0 radical (unpaired) electrons. The number of carboxylic acids is 1. The van der Waals surface area contributed by atoms with Crippen LogP contribution in [0.3, 0.4) is 0 Å². The van der Waals surface area contributed by atoms with Crippen molar-refractivity contribution in [1.29, 1.82) is 0 Å². The highest BCUT2D eigenvalue weighted by molar-refractivity contribution is 5.66. The molecule has 1 aromatic heterocycles. The lowest BCUT2D eigenvalue weighted by Gasteiger charge is -2.24. The lowest BCUT2D eigenvalue weighted by Crippen LogP contribution is -2.31. The molecule has 0 saturated carbocycles. The fraction of sp³-hybridized carbons (Fsp3) is 0.294. The molecule has 2 rings (SSSR count). The Labute approximate surface area is 124 Å². The van der Waals surface area contributed by atoms with Gasteiger partial charge in [-0.1, -0.05) is 30.3 Å². The van der Waals surface area contributed by atoms with Crippen molar-refractivity contribution in [2.45, 2.75) is 31.8 Å². The molecule has 110 valence electrons. The number of hydrogen-bond donors (Lipinski definition) is 2. The number of aliphatic carboxylic acids is 1. The van der Waals surface area contributed by atoms with Crippen LogP contribution < -0.4 is 5.32 Å². The SMILES string of the molecule is CC(CCC(=O)O)NC(c1ccccc1)c1ccncc1. The number of nitrogens with one attached hydrogen (secondary N) is 1. The number of rotatable bonds is 7. The molecule has 0 spiro atoms. The second-order valence-electron chi connectivity index (χ2n) is 5.12. The Balaban J connectivity index is 2.15. The van der Waals surface area contributed by atoms with E-state index in [1.807, 2.05) is 37.3 Å². The van der Waals surface area contributed by atoms with Gasteiger partial charge in [0.2, 0.25) is 0 Å². The van der Waals surface area contributed by atoms with Gasteiger partial charge in [0.05, 0.1) is 6.04 Å². The minimum atomic E-state index is -0.760. The minimum Gasteiger partial charge on any atom is -0.481 e. The van der Waals surface area contributed by atoms with Gasteiger partial charge in [-0.05, 0) is 36.6 Å². The van der Waals surface area contributed by atoms with Crippen LogP contribution in [0.1, 0.15) is 36.9 Å². The molecule has 0 amide bonds. The first kappa shape index (κ1) is 15.2. The molecule has 2 N–H and O–H groups in total. The zero-order chi connectivity index (χ0) is 15.1. The smallest absolute Gasteiger partial charge is 0.303 e. The number of carbonyl (C=O) groups is 1. The number of aromatic nitrogens is 1. The van der Waals surface area contributed by atoms with Crippen molar-refractivity contribution in [2.75, 3.05) is 0 Å². The van der Waals surface area contributed by atoms with Crippen LogP contribution >= 0.6 is 0 Å². The molecule has 0 aliphatic carbocycles. The van der Waals surface area contributed by atoms with E-state index in [4.69, 9.17) is 5.11 Å². The Hall–Kier alpha value is -2.20. The summed E-state index contributed by atoms with van der Waals surface area (Å²) in [4.78, 5) is 14.7. The molecule has 2 unspecified atom stereocenters. The minimum absolute atomic E-state index is 0.0398. The number of carboxylic acid groups (broad SMARTS) is 1. The first-order valence-corrected chi connectivity index (χ1v) is 7.09. The lowest BCUT2D eigenvalue weighted by molar-refractivity contribution is -0.137.